The van der Waals surface area contributed by atoms with Crippen LogP contribution in [-0.4, -0.2) is 38.0 Å². The highest BCUT2D eigenvalue weighted by atomic mass is 16.3. The van der Waals surface area contributed by atoms with Gasteiger partial charge in [-0.05, 0) is 37.0 Å². The van der Waals surface area contributed by atoms with Gasteiger partial charge in [-0.15, -0.1) is 0 Å². The fraction of sp³-hybridized carbons (Fsp3) is 0.655. The molecule has 2 rings (SSSR count). The van der Waals surface area contributed by atoms with Crippen molar-refractivity contribution in [3.63, 3.8) is 0 Å². The van der Waals surface area contributed by atoms with Crippen LogP contribution in [0.1, 0.15) is 104 Å². The lowest BCUT2D eigenvalue weighted by molar-refractivity contribution is -0.138. The summed E-state index contributed by atoms with van der Waals surface area (Å²) < 4.78 is 1.55. The van der Waals surface area contributed by atoms with Crippen molar-refractivity contribution in [3.8, 4) is 11.8 Å². The first-order chi connectivity index (χ1) is 16.6. The maximum Gasteiger partial charge on any atom is 0.253 e. The number of imide groups is 1. The molecular formula is C29H46N2O4. The first kappa shape index (κ1) is 28.7. The maximum atomic E-state index is 11.9. The molecule has 1 aliphatic rings. The second kappa shape index (κ2) is 14.2. The average molecular weight is 487 g/mol. The van der Waals surface area contributed by atoms with Crippen LogP contribution in [-0.2, 0) is 16.1 Å². The van der Waals surface area contributed by atoms with Gasteiger partial charge in [0.2, 0.25) is 5.88 Å². The van der Waals surface area contributed by atoms with Gasteiger partial charge in [-0.1, -0.05) is 84.8 Å². The Morgan fingerprint density at radius 1 is 0.971 bits per heavy atom. The number of carbonyl (C=O) groups excluding carboxylic acids is 2. The van der Waals surface area contributed by atoms with Crippen LogP contribution in [0.2, 0.25) is 0 Å². The average Bonchev–Trinajstić information content (AvgIpc) is 3.25. The van der Waals surface area contributed by atoms with Crippen molar-refractivity contribution in [3.05, 3.63) is 29.9 Å². The molecule has 1 aromatic heterocycles. The SMILES string of the molecule is CCCCCCCCCC/C=C/c1cc(O)n(CCC(C)CC(C)(C)CN2C(=O)C=CC2=O)c1O. The minimum absolute atomic E-state index is 0.0695. The lowest BCUT2D eigenvalue weighted by Crippen LogP contribution is -2.39. The van der Waals surface area contributed by atoms with Crippen LogP contribution < -0.4 is 0 Å². The summed E-state index contributed by atoms with van der Waals surface area (Å²) >= 11 is 0. The predicted octanol–water partition coefficient (Wildman–Crippen LogP) is 6.81. The lowest BCUT2D eigenvalue weighted by Gasteiger charge is -2.31. The van der Waals surface area contributed by atoms with Crippen LogP contribution in [0.3, 0.4) is 0 Å². The third-order valence-electron chi connectivity index (χ3n) is 6.83. The molecular weight excluding hydrogens is 440 g/mol. The van der Waals surface area contributed by atoms with E-state index in [1.54, 1.807) is 10.6 Å². The normalized spacial score (nSPS) is 15.1. The van der Waals surface area contributed by atoms with E-state index in [0.29, 0.717) is 18.7 Å². The van der Waals surface area contributed by atoms with Crippen molar-refractivity contribution in [2.45, 2.75) is 105 Å². The Balaban J connectivity index is 1.75. The molecule has 1 unspecified atom stereocenters. The van der Waals surface area contributed by atoms with Crippen molar-refractivity contribution < 1.29 is 19.8 Å². The number of allylic oxidation sites excluding steroid dienone is 1. The molecule has 0 aliphatic carbocycles. The highest BCUT2D eigenvalue weighted by molar-refractivity contribution is 6.12. The number of hydrogen-bond acceptors (Lipinski definition) is 4. The Hall–Kier alpha value is -2.50. The molecule has 6 nitrogen and oxygen atoms in total. The highest BCUT2D eigenvalue weighted by Crippen LogP contribution is 2.33. The van der Waals surface area contributed by atoms with E-state index in [2.05, 4.69) is 33.8 Å². The highest BCUT2D eigenvalue weighted by Gasteiger charge is 2.31. The molecule has 0 saturated carbocycles. The van der Waals surface area contributed by atoms with E-state index in [1.807, 2.05) is 6.08 Å². The van der Waals surface area contributed by atoms with E-state index in [4.69, 9.17) is 0 Å². The molecule has 1 aliphatic heterocycles. The number of aromatic hydroxyl groups is 2. The Bertz CT molecular complexity index is 863. The van der Waals surface area contributed by atoms with E-state index in [-0.39, 0.29) is 34.9 Å². The topological polar surface area (TPSA) is 82.8 Å². The summed E-state index contributed by atoms with van der Waals surface area (Å²) in [4.78, 5) is 25.0. The minimum Gasteiger partial charge on any atom is -0.494 e. The van der Waals surface area contributed by atoms with Crippen molar-refractivity contribution in [1.82, 2.24) is 9.47 Å². The summed E-state index contributed by atoms with van der Waals surface area (Å²) in [6.07, 6.45) is 19.5. The van der Waals surface area contributed by atoms with Crippen LogP contribution in [0.4, 0.5) is 0 Å². The van der Waals surface area contributed by atoms with Crippen LogP contribution in [0.5, 0.6) is 11.8 Å². The third-order valence-corrected chi connectivity index (χ3v) is 6.83. The Morgan fingerprint density at radius 2 is 1.57 bits per heavy atom. The molecule has 0 aromatic carbocycles. The molecule has 0 fully saturated rings. The van der Waals surface area contributed by atoms with Crippen LogP contribution >= 0.6 is 0 Å². The third kappa shape index (κ3) is 9.58. The fourth-order valence-corrected chi connectivity index (χ4v) is 4.97. The van der Waals surface area contributed by atoms with E-state index < -0.39 is 0 Å². The molecule has 196 valence electrons. The van der Waals surface area contributed by atoms with Gasteiger partial charge >= 0.3 is 0 Å². The summed E-state index contributed by atoms with van der Waals surface area (Å²) in [6.45, 7) is 9.37. The fourth-order valence-electron chi connectivity index (χ4n) is 4.97. The zero-order valence-corrected chi connectivity index (χ0v) is 22.3. The van der Waals surface area contributed by atoms with Crippen molar-refractivity contribution in [1.29, 1.82) is 0 Å². The molecule has 2 N–H and O–H groups in total. The summed E-state index contributed by atoms with van der Waals surface area (Å²) in [6, 6.07) is 1.62. The number of aromatic nitrogens is 1. The number of amides is 2. The van der Waals surface area contributed by atoms with E-state index >= 15 is 0 Å². The van der Waals surface area contributed by atoms with Gasteiger partial charge in [0, 0.05) is 36.9 Å². The smallest absolute Gasteiger partial charge is 0.253 e. The molecule has 6 heteroatoms. The second-order valence-corrected chi connectivity index (χ2v) is 11.0. The van der Waals surface area contributed by atoms with Gasteiger partial charge in [-0.2, -0.15) is 0 Å². The summed E-state index contributed by atoms with van der Waals surface area (Å²) in [7, 11) is 0. The predicted molar refractivity (Wildman–Crippen MR) is 142 cm³/mol. The van der Waals surface area contributed by atoms with Crippen molar-refractivity contribution >= 4 is 17.9 Å². The monoisotopic (exact) mass is 486 g/mol. The van der Waals surface area contributed by atoms with Gasteiger partial charge < -0.3 is 10.2 Å². The molecule has 0 bridgehead atoms. The van der Waals surface area contributed by atoms with E-state index in [9.17, 15) is 19.8 Å². The van der Waals surface area contributed by atoms with Gasteiger partial charge in [-0.25, -0.2) is 0 Å². The lowest BCUT2D eigenvalue weighted by atomic mass is 9.81. The zero-order valence-electron chi connectivity index (χ0n) is 22.3. The minimum atomic E-state index is -0.249. The molecule has 0 saturated heterocycles. The van der Waals surface area contributed by atoms with E-state index in [1.165, 1.54) is 62.0 Å². The summed E-state index contributed by atoms with van der Waals surface area (Å²) in [5.41, 5.74) is 0.426. The maximum absolute atomic E-state index is 11.9. The second-order valence-electron chi connectivity index (χ2n) is 11.0. The Labute approximate surface area is 211 Å². The van der Waals surface area contributed by atoms with Crippen molar-refractivity contribution in [2.24, 2.45) is 11.3 Å². The first-order valence-electron chi connectivity index (χ1n) is 13.5. The van der Waals surface area contributed by atoms with Gasteiger partial charge in [0.1, 0.15) is 0 Å². The number of unbranched alkanes of at least 4 members (excludes halogenated alkanes) is 8. The van der Waals surface area contributed by atoms with Gasteiger partial charge in [0.05, 0.1) is 0 Å². The van der Waals surface area contributed by atoms with Crippen molar-refractivity contribution in [2.75, 3.05) is 6.54 Å². The molecule has 35 heavy (non-hydrogen) atoms. The largest absolute Gasteiger partial charge is 0.494 e. The van der Waals surface area contributed by atoms with Gasteiger partial charge in [-0.3, -0.25) is 19.1 Å². The Kier molecular flexibility index (Phi) is 11.6. The summed E-state index contributed by atoms with van der Waals surface area (Å²) in [5, 5.41) is 21.0. The van der Waals surface area contributed by atoms with Gasteiger partial charge in [0.15, 0.2) is 5.88 Å². The number of carbonyl (C=O) groups is 2. The Morgan fingerprint density at radius 3 is 2.20 bits per heavy atom. The molecule has 2 heterocycles. The molecule has 0 spiro atoms. The number of rotatable bonds is 17. The van der Waals surface area contributed by atoms with Gasteiger partial charge in [0.25, 0.3) is 11.8 Å². The summed E-state index contributed by atoms with van der Waals surface area (Å²) in [5.74, 6) is -0.0461. The molecule has 0 radical (unpaired) electrons. The van der Waals surface area contributed by atoms with Crippen LogP contribution in [0.15, 0.2) is 24.3 Å². The zero-order chi connectivity index (χ0) is 25.8. The molecule has 1 atom stereocenters. The number of nitrogens with zero attached hydrogens (tertiary/aromatic N) is 2. The standard InChI is InChI=1S/C29H46N2O4/c1-5-6-7-8-9-10-11-12-13-14-15-24-20-27(34)30(28(24)35)19-18-23(2)21-29(3,4)22-31-25(32)16-17-26(31)33/h14-17,20,23,34-35H,5-13,18-19,21-22H2,1-4H3/b15-14+. The van der Waals surface area contributed by atoms with Crippen LogP contribution in [0, 0.1) is 11.3 Å². The first-order valence-corrected chi connectivity index (χ1v) is 13.5. The molecule has 2 amide bonds. The quantitative estimate of drug-likeness (QED) is 0.187. The van der Waals surface area contributed by atoms with E-state index in [0.717, 1.165) is 25.7 Å². The van der Waals surface area contributed by atoms with Crippen LogP contribution in [0.25, 0.3) is 6.08 Å². The molecule has 1 aromatic rings. The number of hydrogen-bond donors (Lipinski definition) is 2.